The summed E-state index contributed by atoms with van der Waals surface area (Å²) >= 11 is 0. The van der Waals surface area contributed by atoms with Crippen LogP contribution in [0.2, 0.25) is 0 Å². The van der Waals surface area contributed by atoms with Crippen LogP contribution in [0.5, 0.6) is 0 Å². The van der Waals surface area contributed by atoms with Gasteiger partial charge in [0.05, 0.1) is 13.2 Å². The van der Waals surface area contributed by atoms with Crippen molar-refractivity contribution in [3.05, 3.63) is 88.5 Å². The van der Waals surface area contributed by atoms with Gasteiger partial charge in [-0.3, -0.25) is 4.79 Å². The highest BCUT2D eigenvalue weighted by Gasteiger charge is 2.17. The number of rotatable bonds is 7. The molecule has 0 spiro atoms. The van der Waals surface area contributed by atoms with Gasteiger partial charge in [0.1, 0.15) is 5.82 Å². The maximum absolute atomic E-state index is 13.5. The van der Waals surface area contributed by atoms with Gasteiger partial charge in [0.15, 0.2) is 5.78 Å². The summed E-state index contributed by atoms with van der Waals surface area (Å²) in [7, 11) is 0. The second-order valence-corrected chi connectivity index (χ2v) is 6.75. The summed E-state index contributed by atoms with van der Waals surface area (Å²) in [4.78, 5) is 12.0. The third-order valence-electron chi connectivity index (χ3n) is 4.72. The molecule has 0 bridgehead atoms. The number of hydrogen-bond acceptors (Lipinski definition) is 2. The van der Waals surface area contributed by atoms with Crippen LogP contribution < -0.4 is 0 Å². The standard InChI is InChI=1S/C23H24FNO2/c1-16-13-20(24)9-10-23(16)25-17(2)22(18(3)26)14-21(25)11-12-27-15-19-7-5-4-6-8-19/h4-10,13-14H,11-12,15H2,1-3H3. The van der Waals surface area contributed by atoms with Crippen molar-refractivity contribution in [3.8, 4) is 5.69 Å². The summed E-state index contributed by atoms with van der Waals surface area (Å²) < 4.78 is 21.4. The molecule has 140 valence electrons. The third-order valence-corrected chi connectivity index (χ3v) is 4.72. The normalized spacial score (nSPS) is 11.0. The van der Waals surface area contributed by atoms with Gasteiger partial charge in [-0.1, -0.05) is 30.3 Å². The molecule has 0 aliphatic carbocycles. The lowest BCUT2D eigenvalue weighted by Gasteiger charge is -2.15. The van der Waals surface area contributed by atoms with Gasteiger partial charge in [0.25, 0.3) is 0 Å². The van der Waals surface area contributed by atoms with Gasteiger partial charge in [-0.15, -0.1) is 0 Å². The molecular formula is C23H24FNO2. The second kappa shape index (κ2) is 8.31. The van der Waals surface area contributed by atoms with E-state index in [2.05, 4.69) is 0 Å². The van der Waals surface area contributed by atoms with Crippen LogP contribution in [0.4, 0.5) is 4.39 Å². The lowest BCUT2D eigenvalue weighted by Crippen LogP contribution is -2.08. The zero-order chi connectivity index (χ0) is 19.4. The number of ketones is 1. The molecule has 0 saturated carbocycles. The zero-order valence-electron chi connectivity index (χ0n) is 16.0. The van der Waals surface area contributed by atoms with Gasteiger partial charge in [0, 0.05) is 29.1 Å². The average Bonchev–Trinajstić information content (AvgIpc) is 2.96. The molecule has 0 saturated heterocycles. The second-order valence-electron chi connectivity index (χ2n) is 6.75. The van der Waals surface area contributed by atoms with E-state index in [4.69, 9.17) is 4.74 Å². The van der Waals surface area contributed by atoms with E-state index in [1.54, 1.807) is 13.0 Å². The molecule has 0 radical (unpaired) electrons. The number of Topliss-reactive ketones (excluding diaryl/α,β-unsaturated/α-hetero) is 1. The molecular weight excluding hydrogens is 341 g/mol. The van der Waals surface area contributed by atoms with Crippen LogP contribution in [-0.2, 0) is 17.8 Å². The number of carbonyl (C=O) groups is 1. The predicted octanol–water partition coefficient (Wildman–Crippen LogP) is 5.20. The summed E-state index contributed by atoms with van der Waals surface area (Å²) in [6.45, 7) is 6.46. The molecule has 3 aromatic rings. The van der Waals surface area contributed by atoms with E-state index in [1.165, 1.54) is 12.1 Å². The molecule has 27 heavy (non-hydrogen) atoms. The predicted molar refractivity (Wildman–Crippen MR) is 105 cm³/mol. The molecule has 0 amide bonds. The number of halogens is 1. The summed E-state index contributed by atoms with van der Waals surface area (Å²) in [5, 5.41) is 0. The first-order chi connectivity index (χ1) is 13.0. The van der Waals surface area contributed by atoms with Gasteiger partial charge in [-0.05, 0) is 56.2 Å². The first kappa shape index (κ1) is 19.1. The molecule has 2 aromatic carbocycles. The molecule has 0 fully saturated rings. The molecule has 3 rings (SSSR count). The molecule has 0 unspecified atom stereocenters. The number of ether oxygens (including phenoxy) is 1. The van der Waals surface area contributed by atoms with Crippen LogP contribution in [0.1, 0.15) is 39.8 Å². The van der Waals surface area contributed by atoms with E-state index in [1.807, 2.05) is 54.8 Å². The smallest absolute Gasteiger partial charge is 0.161 e. The highest BCUT2D eigenvalue weighted by atomic mass is 19.1. The van der Waals surface area contributed by atoms with E-state index >= 15 is 0 Å². The molecule has 0 aliphatic rings. The molecule has 1 aromatic heterocycles. The maximum Gasteiger partial charge on any atom is 0.161 e. The quantitative estimate of drug-likeness (QED) is 0.426. The maximum atomic E-state index is 13.5. The average molecular weight is 365 g/mol. The van der Waals surface area contributed by atoms with Crippen molar-refractivity contribution < 1.29 is 13.9 Å². The number of benzene rings is 2. The first-order valence-corrected chi connectivity index (χ1v) is 9.07. The third kappa shape index (κ3) is 4.34. The minimum atomic E-state index is -0.263. The minimum Gasteiger partial charge on any atom is -0.376 e. The van der Waals surface area contributed by atoms with Crippen LogP contribution >= 0.6 is 0 Å². The fourth-order valence-electron chi connectivity index (χ4n) is 3.36. The number of aryl methyl sites for hydroxylation is 1. The summed E-state index contributed by atoms with van der Waals surface area (Å²) in [6.07, 6.45) is 0.664. The molecule has 0 atom stereocenters. The van der Waals surface area contributed by atoms with Crippen molar-refractivity contribution in [3.63, 3.8) is 0 Å². The topological polar surface area (TPSA) is 31.2 Å². The molecule has 3 nitrogen and oxygen atoms in total. The van der Waals surface area contributed by atoms with Crippen LogP contribution in [0.3, 0.4) is 0 Å². The largest absolute Gasteiger partial charge is 0.376 e. The van der Waals surface area contributed by atoms with Gasteiger partial charge >= 0.3 is 0 Å². The Hall–Kier alpha value is -2.72. The van der Waals surface area contributed by atoms with Gasteiger partial charge in [0.2, 0.25) is 0 Å². The number of carbonyl (C=O) groups excluding carboxylic acids is 1. The Labute approximate surface area is 159 Å². The van der Waals surface area contributed by atoms with Crippen molar-refractivity contribution in [2.45, 2.75) is 33.8 Å². The van der Waals surface area contributed by atoms with Crippen LogP contribution in [0.15, 0.2) is 54.6 Å². The van der Waals surface area contributed by atoms with Crippen molar-refractivity contribution in [1.29, 1.82) is 0 Å². The van der Waals surface area contributed by atoms with E-state index < -0.39 is 0 Å². The Morgan fingerprint density at radius 3 is 2.48 bits per heavy atom. The zero-order valence-corrected chi connectivity index (χ0v) is 16.0. The lowest BCUT2D eigenvalue weighted by atomic mass is 10.1. The van der Waals surface area contributed by atoms with Crippen LogP contribution in [-0.4, -0.2) is 17.0 Å². The highest BCUT2D eigenvalue weighted by molar-refractivity contribution is 5.95. The Morgan fingerprint density at radius 1 is 1.07 bits per heavy atom. The number of aromatic nitrogens is 1. The molecule has 0 aliphatic heterocycles. The fourth-order valence-corrected chi connectivity index (χ4v) is 3.36. The van der Waals surface area contributed by atoms with E-state index in [-0.39, 0.29) is 11.6 Å². The summed E-state index contributed by atoms with van der Waals surface area (Å²) in [5.74, 6) is -0.238. The Kier molecular flexibility index (Phi) is 5.87. The van der Waals surface area contributed by atoms with Crippen molar-refractivity contribution in [2.24, 2.45) is 0 Å². The summed E-state index contributed by atoms with van der Waals surface area (Å²) in [6, 6.07) is 16.7. The Morgan fingerprint density at radius 2 is 1.81 bits per heavy atom. The van der Waals surface area contributed by atoms with E-state index in [0.717, 1.165) is 28.2 Å². The first-order valence-electron chi connectivity index (χ1n) is 9.07. The van der Waals surface area contributed by atoms with Crippen LogP contribution in [0.25, 0.3) is 5.69 Å². The molecule has 1 heterocycles. The van der Waals surface area contributed by atoms with Gasteiger partial charge in [-0.2, -0.15) is 0 Å². The van der Waals surface area contributed by atoms with Crippen molar-refractivity contribution in [2.75, 3.05) is 6.61 Å². The molecule has 0 N–H and O–H groups in total. The minimum absolute atomic E-state index is 0.0254. The van der Waals surface area contributed by atoms with Gasteiger partial charge in [-0.25, -0.2) is 4.39 Å². The number of hydrogen-bond donors (Lipinski definition) is 0. The lowest BCUT2D eigenvalue weighted by molar-refractivity contribution is 0.101. The van der Waals surface area contributed by atoms with Gasteiger partial charge < -0.3 is 9.30 Å². The Bertz CT molecular complexity index is 945. The number of nitrogens with zero attached hydrogens (tertiary/aromatic N) is 1. The van der Waals surface area contributed by atoms with E-state index in [9.17, 15) is 9.18 Å². The SMILES string of the molecule is CC(=O)c1cc(CCOCc2ccccc2)n(-c2ccc(F)cc2C)c1C. The van der Waals surface area contributed by atoms with Crippen molar-refractivity contribution >= 4 is 5.78 Å². The van der Waals surface area contributed by atoms with Crippen molar-refractivity contribution in [1.82, 2.24) is 4.57 Å². The Balaban J connectivity index is 1.83. The van der Waals surface area contributed by atoms with E-state index in [0.29, 0.717) is 25.2 Å². The summed E-state index contributed by atoms with van der Waals surface area (Å²) in [5.41, 5.74) is 5.39. The molecule has 4 heteroatoms. The monoisotopic (exact) mass is 365 g/mol. The highest BCUT2D eigenvalue weighted by Crippen LogP contribution is 2.25. The fraction of sp³-hybridized carbons (Fsp3) is 0.261. The van der Waals surface area contributed by atoms with Crippen LogP contribution in [0, 0.1) is 19.7 Å².